The summed E-state index contributed by atoms with van der Waals surface area (Å²) in [6.07, 6.45) is 6.76. The molecule has 0 unspecified atom stereocenters. The molecular weight excluding hydrogens is 332 g/mol. The van der Waals surface area contributed by atoms with Crippen LogP contribution in [0.4, 0.5) is 4.79 Å². The third kappa shape index (κ3) is 5.39. The van der Waals surface area contributed by atoms with E-state index in [9.17, 15) is 4.79 Å². The summed E-state index contributed by atoms with van der Waals surface area (Å²) in [6, 6.07) is 11.4. The summed E-state index contributed by atoms with van der Waals surface area (Å²) in [4.78, 5) is 15.5. The van der Waals surface area contributed by atoms with E-state index in [1.165, 1.54) is 0 Å². The monoisotopic (exact) mass is 346 g/mol. The minimum atomic E-state index is -0.433. The molecule has 1 heterocycles. The Labute approximate surface area is 132 Å². The second kappa shape index (κ2) is 8.21. The topological polar surface area (TPSA) is 51.2 Å². The van der Waals surface area contributed by atoms with Crippen LogP contribution in [0.1, 0.15) is 11.1 Å². The lowest BCUT2D eigenvalue weighted by molar-refractivity contribution is 0.141. The number of nitrogens with one attached hydrogen (secondary N) is 1. The van der Waals surface area contributed by atoms with E-state index in [1.54, 1.807) is 12.4 Å². The number of halogens is 1. The van der Waals surface area contributed by atoms with Crippen molar-refractivity contribution in [3.05, 3.63) is 70.5 Å². The Hall–Kier alpha value is -2.14. The van der Waals surface area contributed by atoms with Crippen LogP contribution in [0, 0.1) is 0 Å². The number of hydrogen-bond acceptors (Lipinski definition) is 3. The smallest absolute Gasteiger partial charge is 0.407 e. The number of rotatable bonds is 5. The largest absolute Gasteiger partial charge is 0.445 e. The maximum Gasteiger partial charge on any atom is 0.407 e. The molecule has 1 N–H and O–H groups in total. The van der Waals surface area contributed by atoms with Gasteiger partial charge in [-0.25, -0.2) is 4.79 Å². The fraction of sp³-hybridized carbons (Fsp3) is 0.125. The van der Waals surface area contributed by atoms with Crippen LogP contribution in [0.2, 0.25) is 0 Å². The highest BCUT2D eigenvalue weighted by atomic mass is 79.9. The highest BCUT2D eigenvalue weighted by Crippen LogP contribution is 2.15. The zero-order chi connectivity index (χ0) is 14.9. The normalized spacial score (nSPS) is 10.5. The van der Waals surface area contributed by atoms with Gasteiger partial charge < -0.3 is 10.1 Å². The molecular formula is C16H15BrN2O2. The van der Waals surface area contributed by atoms with Crippen molar-refractivity contribution >= 4 is 28.1 Å². The minimum absolute atomic E-state index is 0.270. The van der Waals surface area contributed by atoms with Crippen molar-refractivity contribution in [2.45, 2.75) is 6.61 Å². The standard InChI is InChI=1S/C16H15BrN2O2/c17-15-11-18-10-8-14(15)7-4-9-19-16(20)21-12-13-5-2-1-3-6-13/h1-8,10-11H,9,12H2,(H,19,20). The van der Waals surface area contributed by atoms with Crippen molar-refractivity contribution in [2.75, 3.05) is 6.54 Å². The number of aromatic nitrogens is 1. The van der Waals surface area contributed by atoms with Crippen molar-refractivity contribution < 1.29 is 9.53 Å². The molecule has 2 aromatic rings. The summed E-state index contributed by atoms with van der Waals surface area (Å²) in [5.74, 6) is 0. The van der Waals surface area contributed by atoms with Gasteiger partial charge in [0.15, 0.2) is 0 Å². The van der Waals surface area contributed by atoms with Crippen LogP contribution in [0.5, 0.6) is 0 Å². The molecule has 0 bridgehead atoms. The average Bonchev–Trinajstić information content (AvgIpc) is 2.52. The highest BCUT2D eigenvalue weighted by molar-refractivity contribution is 9.10. The van der Waals surface area contributed by atoms with Gasteiger partial charge >= 0.3 is 6.09 Å². The van der Waals surface area contributed by atoms with E-state index in [0.29, 0.717) is 6.54 Å². The number of pyridine rings is 1. The van der Waals surface area contributed by atoms with E-state index in [4.69, 9.17) is 4.74 Å². The molecule has 1 aromatic heterocycles. The molecule has 2 rings (SSSR count). The maximum absolute atomic E-state index is 11.5. The number of ether oxygens (including phenoxy) is 1. The lowest BCUT2D eigenvalue weighted by atomic mass is 10.2. The van der Waals surface area contributed by atoms with E-state index in [1.807, 2.05) is 48.6 Å². The fourth-order valence-electron chi connectivity index (χ4n) is 1.62. The third-order valence-electron chi connectivity index (χ3n) is 2.68. The molecule has 0 saturated carbocycles. The van der Waals surface area contributed by atoms with Crippen LogP contribution in [-0.2, 0) is 11.3 Å². The van der Waals surface area contributed by atoms with Gasteiger partial charge in [-0.1, -0.05) is 42.5 Å². The molecule has 5 heteroatoms. The summed E-state index contributed by atoms with van der Waals surface area (Å²) in [6.45, 7) is 0.675. The average molecular weight is 347 g/mol. The van der Waals surface area contributed by atoms with Gasteiger partial charge in [0.1, 0.15) is 6.61 Å². The summed E-state index contributed by atoms with van der Waals surface area (Å²) >= 11 is 3.40. The van der Waals surface area contributed by atoms with Gasteiger partial charge in [-0.2, -0.15) is 0 Å². The van der Waals surface area contributed by atoms with Gasteiger partial charge in [-0.3, -0.25) is 4.98 Å². The van der Waals surface area contributed by atoms with Gasteiger partial charge in [-0.15, -0.1) is 0 Å². The quantitative estimate of drug-likeness (QED) is 0.896. The Kier molecular flexibility index (Phi) is 5.97. The number of hydrogen-bond donors (Lipinski definition) is 1. The zero-order valence-electron chi connectivity index (χ0n) is 11.3. The van der Waals surface area contributed by atoms with E-state index in [-0.39, 0.29) is 6.61 Å². The molecule has 0 aliphatic heterocycles. The number of carbonyl (C=O) groups excluding carboxylic acids is 1. The number of nitrogens with zero attached hydrogens (tertiary/aromatic N) is 1. The van der Waals surface area contributed by atoms with Gasteiger partial charge in [0.25, 0.3) is 0 Å². The van der Waals surface area contributed by atoms with E-state index in [2.05, 4.69) is 26.2 Å². The van der Waals surface area contributed by atoms with Crippen LogP contribution in [-0.4, -0.2) is 17.6 Å². The van der Waals surface area contributed by atoms with Crippen LogP contribution < -0.4 is 5.32 Å². The minimum Gasteiger partial charge on any atom is -0.445 e. The Bertz CT molecular complexity index is 615. The van der Waals surface area contributed by atoms with Crippen LogP contribution in [0.3, 0.4) is 0 Å². The molecule has 0 saturated heterocycles. The molecule has 108 valence electrons. The predicted octanol–water partition coefficient (Wildman–Crippen LogP) is 3.78. The molecule has 21 heavy (non-hydrogen) atoms. The molecule has 0 aliphatic rings. The molecule has 0 atom stereocenters. The zero-order valence-corrected chi connectivity index (χ0v) is 12.9. The van der Waals surface area contributed by atoms with Gasteiger partial charge in [-0.05, 0) is 33.1 Å². The highest BCUT2D eigenvalue weighted by Gasteiger charge is 2.00. The number of amides is 1. The SMILES string of the molecule is O=C(NCC=Cc1ccncc1Br)OCc1ccccc1. The first-order valence-corrected chi connectivity index (χ1v) is 7.25. The predicted molar refractivity (Wildman–Crippen MR) is 85.6 cm³/mol. The van der Waals surface area contributed by atoms with Crippen LogP contribution in [0.25, 0.3) is 6.08 Å². The maximum atomic E-state index is 11.5. The van der Waals surface area contributed by atoms with Crippen LogP contribution >= 0.6 is 15.9 Å². The Balaban J connectivity index is 1.71. The fourth-order valence-corrected chi connectivity index (χ4v) is 2.01. The van der Waals surface area contributed by atoms with E-state index >= 15 is 0 Å². The number of carbonyl (C=O) groups is 1. The van der Waals surface area contributed by atoms with Crippen molar-refractivity contribution in [3.8, 4) is 0 Å². The lowest BCUT2D eigenvalue weighted by Crippen LogP contribution is -2.24. The summed E-state index contributed by atoms with van der Waals surface area (Å²) < 4.78 is 6.01. The molecule has 0 spiro atoms. The first kappa shape index (κ1) is 15.3. The Morgan fingerprint density at radius 1 is 1.29 bits per heavy atom. The van der Waals surface area contributed by atoms with Crippen LogP contribution in [0.15, 0.2) is 59.3 Å². The van der Waals surface area contributed by atoms with Crippen molar-refractivity contribution in [1.82, 2.24) is 10.3 Å². The molecule has 0 radical (unpaired) electrons. The van der Waals surface area contributed by atoms with E-state index < -0.39 is 6.09 Å². The Morgan fingerprint density at radius 2 is 2.10 bits per heavy atom. The molecule has 0 fully saturated rings. The molecule has 0 aliphatic carbocycles. The summed E-state index contributed by atoms with van der Waals surface area (Å²) in [7, 11) is 0. The van der Waals surface area contributed by atoms with Gasteiger partial charge in [0.2, 0.25) is 0 Å². The second-order valence-corrected chi connectivity index (χ2v) is 5.10. The summed E-state index contributed by atoms with van der Waals surface area (Å²) in [5, 5.41) is 2.66. The molecule has 1 amide bonds. The number of alkyl carbamates (subject to hydrolysis) is 1. The van der Waals surface area contributed by atoms with Crippen molar-refractivity contribution in [3.63, 3.8) is 0 Å². The molecule has 1 aromatic carbocycles. The lowest BCUT2D eigenvalue weighted by Gasteiger charge is -2.05. The summed E-state index contributed by atoms with van der Waals surface area (Å²) in [5.41, 5.74) is 1.97. The number of benzene rings is 1. The van der Waals surface area contributed by atoms with E-state index in [0.717, 1.165) is 15.6 Å². The first-order valence-electron chi connectivity index (χ1n) is 6.46. The van der Waals surface area contributed by atoms with Gasteiger partial charge in [0.05, 0.1) is 0 Å². The van der Waals surface area contributed by atoms with Crippen molar-refractivity contribution in [1.29, 1.82) is 0 Å². The Morgan fingerprint density at radius 3 is 2.86 bits per heavy atom. The first-order chi connectivity index (χ1) is 10.3. The molecule has 4 nitrogen and oxygen atoms in total. The third-order valence-corrected chi connectivity index (χ3v) is 3.34. The second-order valence-electron chi connectivity index (χ2n) is 4.24. The van der Waals surface area contributed by atoms with Gasteiger partial charge in [0, 0.05) is 23.4 Å². The van der Waals surface area contributed by atoms with Crippen molar-refractivity contribution in [2.24, 2.45) is 0 Å².